The van der Waals surface area contributed by atoms with Gasteiger partial charge in [-0.25, -0.2) is 4.98 Å². The van der Waals surface area contributed by atoms with Gasteiger partial charge in [-0.2, -0.15) is 13.2 Å². The van der Waals surface area contributed by atoms with Crippen molar-refractivity contribution in [3.05, 3.63) is 59.3 Å². The van der Waals surface area contributed by atoms with Crippen LogP contribution in [0.15, 0.2) is 42.6 Å². The van der Waals surface area contributed by atoms with Crippen molar-refractivity contribution in [2.75, 3.05) is 5.32 Å². The number of hydrogen-bond acceptors (Lipinski definition) is 2. The largest absolute Gasteiger partial charge is 0.416 e. The van der Waals surface area contributed by atoms with E-state index in [0.717, 1.165) is 29.5 Å². The minimum absolute atomic E-state index is 0.191. The average Bonchev–Trinajstić information content (AvgIpc) is 2.45. The second-order valence-corrected chi connectivity index (χ2v) is 4.50. The highest BCUT2D eigenvalue weighted by molar-refractivity contribution is 6.17. The van der Waals surface area contributed by atoms with Crippen LogP contribution in [-0.2, 0) is 18.6 Å². The first-order chi connectivity index (χ1) is 9.49. The number of alkyl halides is 4. The molecule has 1 aromatic heterocycles. The third-order valence-corrected chi connectivity index (χ3v) is 3.02. The van der Waals surface area contributed by atoms with Gasteiger partial charge in [-0.3, -0.25) is 0 Å². The molecule has 0 saturated carbocycles. The van der Waals surface area contributed by atoms with Crippen LogP contribution in [0.5, 0.6) is 0 Å². The van der Waals surface area contributed by atoms with Crippen LogP contribution in [0.1, 0.15) is 16.7 Å². The molecule has 0 spiro atoms. The molecule has 1 aromatic carbocycles. The molecule has 6 heteroatoms. The van der Waals surface area contributed by atoms with Crippen molar-refractivity contribution in [2.45, 2.75) is 18.6 Å². The van der Waals surface area contributed by atoms with Gasteiger partial charge < -0.3 is 5.32 Å². The van der Waals surface area contributed by atoms with E-state index in [1.54, 1.807) is 0 Å². The Morgan fingerprint density at radius 1 is 1.10 bits per heavy atom. The highest BCUT2D eigenvalue weighted by Crippen LogP contribution is 2.29. The van der Waals surface area contributed by atoms with E-state index in [0.29, 0.717) is 12.4 Å². The number of hydrogen-bond donors (Lipinski definition) is 1. The molecular formula is C14H12ClF3N2. The van der Waals surface area contributed by atoms with Crippen molar-refractivity contribution < 1.29 is 13.2 Å². The Morgan fingerprint density at radius 2 is 1.85 bits per heavy atom. The fourth-order valence-corrected chi connectivity index (χ4v) is 1.89. The summed E-state index contributed by atoms with van der Waals surface area (Å²) in [5.74, 6) is 0.589. The molecule has 0 unspecified atom stereocenters. The van der Waals surface area contributed by atoms with E-state index in [2.05, 4.69) is 10.3 Å². The Balaban J connectivity index is 2.07. The summed E-state index contributed by atoms with van der Waals surface area (Å²) >= 11 is 5.73. The van der Waals surface area contributed by atoms with Crippen LogP contribution in [-0.4, -0.2) is 4.98 Å². The fraction of sp³-hybridized carbons (Fsp3) is 0.214. The predicted octanol–water partition coefficient (Wildman–Crippen LogP) is 4.45. The third kappa shape index (κ3) is 3.87. The molecular weight excluding hydrogens is 289 g/mol. The van der Waals surface area contributed by atoms with Gasteiger partial charge in [0.2, 0.25) is 0 Å². The number of aromatic nitrogens is 1. The van der Waals surface area contributed by atoms with Crippen LogP contribution in [0.2, 0.25) is 0 Å². The minimum atomic E-state index is -4.36. The highest BCUT2D eigenvalue weighted by Gasteiger charge is 2.30. The van der Waals surface area contributed by atoms with Crippen molar-refractivity contribution >= 4 is 17.4 Å². The zero-order valence-electron chi connectivity index (χ0n) is 10.4. The molecule has 0 bridgehead atoms. The number of pyridine rings is 1. The van der Waals surface area contributed by atoms with Crippen LogP contribution in [0, 0.1) is 0 Å². The molecule has 2 rings (SSSR count). The van der Waals surface area contributed by atoms with Crippen LogP contribution in [0.3, 0.4) is 0 Å². The maximum Gasteiger partial charge on any atom is 0.416 e. The molecule has 20 heavy (non-hydrogen) atoms. The van der Waals surface area contributed by atoms with Gasteiger partial charge in [0.05, 0.1) is 5.56 Å². The normalized spacial score (nSPS) is 11.4. The van der Waals surface area contributed by atoms with Gasteiger partial charge in [-0.05, 0) is 23.3 Å². The molecule has 0 aliphatic carbocycles. The van der Waals surface area contributed by atoms with Gasteiger partial charge in [0, 0.05) is 18.6 Å². The summed E-state index contributed by atoms with van der Waals surface area (Å²) in [6.45, 7) is 0.388. The lowest BCUT2D eigenvalue weighted by atomic mass is 10.1. The summed E-state index contributed by atoms with van der Waals surface area (Å²) in [7, 11) is 0. The summed E-state index contributed by atoms with van der Waals surface area (Å²) in [4.78, 5) is 3.87. The van der Waals surface area contributed by atoms with Gasteiger partial charge in [-0.15, -0.1) is 11.6 Å². The Morgan fingerprint density at radius 3 is 2.55 bits per heavy atom. The third-order valence-electron chi connectivity index (χ3n) is 2.71. The number of nitrogens with zero attached hydrogens (tertiary/aromatic N) is 1. The average molecular weight is 301 g/mol. The highest BCUT2D eigenvalue weighted by atomic mass is 35.5. The Bertz CT molecular complexity index is 585. The maximum atomic E-state index is 12.6. The standard InChI is InChI=1S/C14H12ClF3N2/c15-8-10-2-1-3-11(6-10)9-20-13-7-12(4-5-19-13)14(16,17)18/h1-7H,8-9H2,(H,19,20). The van der Waals surface area contributed by atoms with E-state index in [9.17, 15) is 13.2 Å². The van der Waals surface area contributed by atoms with Crippen molar-refractivity contribution in [1.29, 1.82) is 0 Å². The maximum absolute atomic E-state index is 12.6. The number of rotatable bonds is 4. The molecule has 0 atom stereocenters. The number of anilines is 1. The van der Waals surface area contributed by atoms with Crippen LogP contribution in [0.25, 0.3) is 0 Å². The first-order valence-corrected chi connectivity index (χ1v) is 6.43. The minimum Gasteiger partial charge on any atom is -0.366 e. The SMILES string of the molecule is FC(F)(F)c1ccnc(NCc2cccc(CCl)c2)c1. The Labute approximate surface area is 119 Å². The van der Waals surface area contributed by atoms with E-state index in [1.165, 1.54) is 0 Å². The molecule has 1 N–H and O–H groups in total. The first-order valence-electron chi connectivity index (χ1n) is 5.90. The van der Waals surface area contributed by atoms with Gasteiger partial charge in [-0.1, -0.05) is 24.3 Å². The molecule has 0 radical (unpaired) electrons. The van der Waals surface area contributed by atoms with E-state index in [1.807, 2.05) is 24.3 Å². The molecule has 2 aromatic rings. The molecule has 0 aliphatic heterocycles. The number of benzene rings is 1. The predicted molar refractivity (Wildman–Crippen MR) is 72.6 cm³/mol. The van der Waals surface area contributed by atoms with Gasteiger partial charge >= 0.3 is 6.18 Å². The van der Waals surface area contributed by atoms with Crippen molar-refractivity contribution in [1.82, 2.24) is 4.98 Å². The van der Waals surface area contributed by atoms with Crippen LogP contribution >= 0.6 is 11.6 Å². The lowest BCUT2D eigenvalue weighted by molar-refractivity contribution is -0.137. The van der Waals surface area contributed by atoms with Crippen LogP contribution in [0.4, 0.5) is 19.0 Å². The zero-order chi connectivity index (χ0) is 14.6. The Hall–Kier alpha value is -1.75. The van der Waals surface area contributed by atoms with E-state index in [-0.39, 0.29) is 5.82 Å². The quantitative estimate of drug-likeness (QED) is 0.844. The smallest absolute Gasteiger partial charge is 0.366 e. The molecule has 2 nitrogen and oxygen atoms in total. The first kappa shape index (κ1) is 14.7. The summed E-state index contributed by atoms with van der Waals surface area (Å²) in [6.07, 6.45) is -3.22. The molecule has 1 heterocycles. The Kier molecular flexibility index (Phi) is 4.49. The molecule has 0 fully saturated rings. The van der Waals surface area contributed by atoms with Gasteiger partial charge in [0.1, 0.15) is 5.82 Å². The second kappa shape index (κ2) is 6.13. The van der Waals surface area contributed by atoms with Crippen molar-refractivity contribution in [2.24, 2.45) is 0 Å². The van der Waals surface area contributed by atoms with Crippen molar-refractivity contribution in [3.63, 3.8) is 0 Å². The molecule has 0 aliphatic rings. The second-order valence-electron chi connectivity index (χ2n) is 4.23. The molecule has 106 valence electrons. The fourth-order valence-electron chi connectivity index (χ4n) is 1.72. The van der Waals surface area contributed by atoms with E-state index in [4.69, 9.17) is 11.6 Å². The monoisotopic (exact) mass is 300 g/mol. The lowest BCUT2D eigenvalue weighted by Gasteiger charge is -2.10. The van der Waals surface area contributed by atoms with E-state index < -0.39 is 11.7 Å². The van der Waals surface area contributed by atoms with Gasteiger partial charge in [0.25, 0.3) is 0 Å². The summed E-state index contributed by atoms with van der Waals surface area (Å²) in [5.41, 5.74) is 1.18. The van der Waals surface area contributed by atoms with Crippen molar-refractivity contribution in [3.8, 4) is 0 Å². The number of halogens is 4. The topological polar surface area (TPSA) is 24.9 Å². The summed E-state index contributed by atoms with van der Waals surface area (Å²) in [6, 6.07) is 9.45. The van der Waals surface area contributed by atoms with Crippen LogP contribution < -0.4 is 5.32 Å². The summed E-state index contributed by atoms with van der Waals surface area (Å²) in [5, 5.41) is 2.87. The van der Waals surface area contributed by atoms with Gasteiger partial charge in [0.15, 0.2) is 0 Å². The molecule has 0 amide bonds. The van der Waals surface area contributed by atoms with E-state index >= 15 is 0 Å². The summed E-state index contributed by atoms with van der Waals surface area (Å²) < 4.78 is 37.7. The number of nitrogens with one attached hydrogen (secondary N) is 1. The molecule has 0 saturated heterocycles. The zero-order valence-corrected chi connectivity index (χ0v) is 11.2. The lowest BCUT2D eigenvalue weighted by Crippen LogP contribution is -2.07.